The number of ether oxygens (including phenoxy) is 3. The Balaban J connectivity index is 1.98. The normalized spacial score (nSPS) is 22.7. The second kappa shape index (κ2) is 8.90. The van der Waals surface area contributed by atoms with Gasteiger partial charge in [-0.05, 0) is 19.9 Å². The van der Waals surface area contributed by atoms with Crippen molar-refractivity contribution in [1.29, 1.82) is 0 Å². The zero-order valence-electron chi connectivity index (χ0n) is 17.6. The van der Waals surface area contributed by atoms with Gasteiger partial charge in [0.05, 0.1) is 47.4 Å². The van der Waals surface area contributed by atoms with Gasteiger partial charge in [0.1, 0.15) is 22.8 Å². The van der Waals surface area contributed by atoms with E-state index >= 15 is 0 Å². The molecule has 0 amide bonds. The van der Waals surface area contributed by atoms with E-state index in [0.717, 1.165) is 11.0 Å². The molecule has 0 bridgehead atoms. The van der Waals surface area contributed by atoms with Gasteiger partial charge in [-0.25, -0.2) is 9.97 Å². The van der Waals surface area contributed by atoms with Crippen molar-refractivity contribution in [3.8, 4) is 22.9 Å². The maximum atomic E-state index is 6.64. The fourth-order valence-electron chi connectivity index (χ4n) is 3.88. The van der Waals surface area contributed by atoms with Crippen molar-refractivity contribution in [2.45, 2.75) is 31.6 Å². The standard InChI is InChI=1S/C21H23Cl3N4O3/c1-10-8-28(9-11(2)31-10)21-12-5-16(22)25-7-13(12)26-20(27-21)17-18(23)14(29-3)6-15(30-4)19(17)24/h5-7,10-11,16,25H,8-9H2,1-4H3. The Kier molecular flexibility index (Phi) is 6.40. The highest BCUT2D eigenvalue weighted by atomic mass is 35.5. The van der Waals surface area contributed by atoms with E-state index in [1.165, 1.54) is 14.2 Å². The number of halogens is 3. The summed E-state index contributed by atoms with van der Waals surface area (Å²) in [7, 11) is 3.06. The number of morpholine rings is 1. The van der Waals surface area contributed by atoms with Crippen LogP contribution in [0, 0.1) is 0 Å². The molecule has 1 saturated heterocycles. The second-order valence-corrected chi connectivity index (χ2v) is 8.72. The van der Waals surface area contributed by atoms with Gasteiger partial charge in [-0.15, -0.1) is 0 Å². The van der Waals surface area contributed by atoms with Gasteiger partial charge in [-0.1, -0.05) is 34.8 Å². The summed E-state index contributed by atoms with van der Waals surface area (Å²) in [5.41, 5.74) is 0.0833. The predicted molar refractivity (Wildman–Crippen MR) is 124 cm³/mol. The quantitative estimate of drug-likeness (QED) is 0.527. The monoisotopic (exact) mass is 484 g/mol. The van der Waals surface area contributed by atoms with Crippen molar-refractivity contribution in [1.82, 2.24) is 15.3 Å². The number of nitrogens with one attached hydrogen (secondary N) is 1. The average molecular weight is 486 g/mol. The number of hydrogen-bond acceptors (Lipinski definition) is 7. The molecule has 4 rings (SSSR count). The smallest absolute Gasteiger partial charge is 0.165 e. The summed E-state index contributed by atoms with van der Waals surface area (Å²) < 4.78 is 16.7. The Morgan fingerprint density at radius 1 is 1.06 bits per heavy atom. The zero-order chi connectivity index (χ0) is 22.3. The molecular formula is C21H23Cl3N4O3. The highest BCUT2D eigenvalue weighted by molar-refractivity contribution is 6.40. The van der Waals surface area contributed by atoms with Crippen LogP contribution in [0.5, 0.6) is 11.5 Å². The average Bonchev–Trinajstić information content (AvgIpc) is 2.73. The highest BCUT2D eigenvalue weighted by Gasteiger charge is 2.27. The third-order valence-electron chi connectivity index (χ3n) is 5.16. The summed E-state index contributed by atoms with van der Waals surface area (Å²) in [6.07, 6.45) is 3.78. The Morgan fingerprint density at radius 3 is 2.26 bits per heavy atom. The van der Waals surface area contributed by atoms with Gasteiger partial charge in [0.25, 0.3) is 0 Å². The molecule has 0 spiro atoms. The van der Waals surface area contributed by atoms with E-state index in [2.05, 4.69) is 10.2 Å². The number of methoxy groups -OCH3 is 2. The van der Waals surface area contributed by atoms with Crippen molar-refractivity contribution in [3.63, 3.8) is 0 Å². The van der Waals surface area contributed by atoms with Gasteiger partial charge >= 0.3 is 0 Å². The first kappa shape index (κ1) is 22.3. The van der Waals surface area contributed by atoms with Crippen molar-refractivity contribution < 1.29 is 14.2 Å². The van der Waals surface area contributed by atoms with Crippen LogP contribution in [-0.2, 0) is 4.74 Å². The molecule has 1 aromatic heterocycles. The first-order chi connectivity index (χ1) is 14.8. The Labute approximate surface area is 195 Å². The third kappa shape index (κ3) is 4.24. The van der Waals surface area contributed by atoms with Crippen molar-refractivity contribution in [3.05, 3.63) is 26.7 Å². The third-order valence-corrected chi connectivity index (χ3v) is 6.17. The van der Waals surface area contributed by atoms with Gasteiger partial charge in [0, 0.05) is 30.6 Å². The molecule has 3 unspecified atom stereocenters. The molecule has 2 aliphatic heterocycles. The number of anilines is 1. The lowest BCUT2D eigenvalue weighted by Crippen LogP contribution is -2.50. The molecule has 2 aliphatic rings. The van der Waals surface area contributed by atoms with Crippen LogP contribution >= 0.6 is 34.8 Å². The van der Waals surface area contributed by atoms with E-state index < -0.39 is 0 Å². The Morgan fingerprint density at radius 2 is 1.68 bits per heavy atom. The summed E-state index contributed by atoms with van der Waals surface area (Å²) in [5.74, 6) is 1.96. The minimum Gasteiger partial charge on any atom is -0.495 e. The van der Waals surface area contributed by atoms with Crippen molar-refractivity contribution in [2.24, 2.45) is 0 Å². The van der Waals surface area contributed by atoms with Gasteiger partial charge in [-0.3, -0.25) is 0 Å². The molecular weight excluding hydrogens is 463 g/mol. The number of aromatic nitrogens is 2. The predicted octanol–water partition coefficient (Wildman–Crippen LogP) is 2.77. The molecule has 1 N–H and O–H groups in total. The molecule has 10 heteroatoms. The lowest BCUT2D eigenvalue weighted by molar-refractivity contribution is -0.00552. The maximum absolute atomic E-state index is 6.64. The van der Waals surface area contributed by atoms with E-state index in [4.69, 9.17) is 59.0 Å². The fourth-order valence-corrected chi connectivity index (χ4v) is 4.74. The summed E-state index contributed by atoms with van der Waals surface area (Å²) in [4.78, 5) is 11.8. The molecule has 0 aliphatic carbocycles. The van der Waals surface area contributed by atoms with Crippen LogP contribution in [0.4, 0.5) is 5.82 Å². The zero-order valence-corrected chi connectivity index (χ0v) is 19.8. The molecule has 2 aromatic rings. The molecule has 31 heavy (non-hydrogen) atoms. The summed E-state index contributed by atoms with van der Waals surface area (Å²) in [5, 5.41) is 5.24. The van der Waals surface area contributed by atoms with Crippen LogP contribution in [0.15, 0.2) is 6.07 Å². The first-order valence-corrected chi connectivity index (χ1v) is 11.0. The molecule has 1 fully saturated rings. The number of benzene rings is 1. The maximum Gasteiger partial charge on any atom is 0.165 e. The highest BCUT2D eigenvalue weighted by Crippen LogP contribution is 2.44. The minimum absolute atomic E-state index is 0.0550. The van der Waals surface area contributed by atoms with E-state index in [-0.39, 0.29) is 17.7 Å². The Hall–Kier alpha value is -1.93. The van der Waals surface area contributed by atoms with Crippen LogP contribution in [0.1, 0.15) is 13.8 Å². The number of nitrogens with zero attached hydrogens (tertiary/aromatic N) is 3. The van der Waals surface area contributed by atoms with Crippen LogP contribution in [0.3, 0.4) is 0 Å². The molecule has 0 saturated carbocycles. The number of fused-ring (bicyclic) bond motifs is 1. The van der Waals surface area contributed by atoms with Crippen LogP contribution in [-0.4, -0.2) is 55.0 Å². The van der Waals surface area contributed by atoms with E-state index in [9.17, 15) is 0 Å². The minimum atomic E-state index is -0.360. The molecule has 3 heterocycles. The van der Waals surface area contributed by atoms with E-state index in [1.54, 1.807) is 12.3 Å². The summed E-state index contributed by atoms with van der Waals surface area (Å²) in [6.45, 7) is 5.45. The molecule has 7 nitrogen and oxygen atoms in total. The van der Waals surface area contributed by atoms with Crippen LogP contribution < -0.4 is 30.3 Å². The number of alkyl halides is 1. The molecule has 166 valence electrons. The second-order valence-electron chi connectivity index (χ2n) is 7.50. The first-order valence-electron chi connectivity index (χ1n) is 9.83. The lowest BCUT2D eigenvalue weighted by Gasteiger charge is -2.36. The molecule has 1 aromatic carbocycles. The van der Waals surface area contributed by atoms with Gasteiger partial charge in [0.2, 0.25) is 0 Å². The van der Waals surface area contributed by atoms with E-state index in [0.29, 0.717) is 51.4 Å². The van der Waals surface area contributed by atoms with Crippen molar-refractivity contribution in [2.75, 3.05) is 32.2 Å². The SMILES string of the molecule is COc1cc(OC)c(Cl)c(-c2nc(N3CC(C)OC(C)C3)c3c(n2)=CNC(Cl)C=3)c1Cl. The largest absolute Gasteiger partial charge is 0.495 e. The Bertz CT molecular complexity index is 1090. The summed E-state index contributed by atoms with van der Waals surface area (Å²) in [6, 6.07) is 1.64. The lowest BCUT2D eigenvalue weighted by atomic mass is 10.1. The van der Waals surface area contributed by atoms with Gasteiger partial charge in [-0.2, -0.15) is 0 Å². The molecule has 3 atom stereocenters. The van der Waals surface area contributed by atoms with Gasteiger partial charge in [0.15, 0.2) is 5.82 Å². The molecule has 0 radical (unpaired) electrons. The fraction of sp³-hybridized carbons (Fsp3) is 0.429. The van der Waals surface area contributed by atoms with Crippen LogP contribution in [0.25, 0.3) is 23.7 Å². The number of rotatable bonds is 4. The van der Waals surface area contributed by atoms with Gasteiger partial charge < -0.3 is 24.4 Å². The summed E-state index contributed by atoms with van der Waals surface area (Å²) >= 11 is 19.6. The van der Waals surface area contributed by atoms with E-state index in [1.807, 2.05) is 19.9 Å². The van der Waals surface area contributed by atoms with Crippen LogP contribution in [0.2, 0.25) is 10.0 Å². The topological polar surface area (TPSA) is 68.7 Å². The number of hydrogen-bond donors (Lipinski definition) is 1. The van der Waals surface area contributed by atoms with Crippen molar-refractivity contribution >= 4 is 52.9 Å².